The van der Waals surface area contributed by atoms with Gasteiger partial charge in [0, 0.05) is 11.1 Å². The van der Waals surface area contributed by atoms with Gasteiger partial charge in [0.1, 0.15) is 10.7 Å². The number of halogens is 3. The molecule has 0 spiro atoms. The molecule has 1 N–H and O–H groups in total. The van der Waals surface area contributed by atoms with Crippen molar-refractivity contribution in [3.63, 3.8) is 0 Å². The van der Waals surface area contributed by atoms with Gasteiger partial charge in [-0.05, 0) is 38.5 Å². The summed E-state index contributed by atoms with van der Waals surface area (Å²) in [5, 5.41) is 0.766. The molecule has 0 aliphatic heterocycles. The maximum atomic E-state index is 12.6. The predicted octanol–water partition coefficient (Wildman–Crippen LogP) is 4.87. The van der Waals surface area contributed by atoms with Crippen LogP contribution in [0.2, 0.25) is 0 Å². The van der Waals surface area contributed by atoms with Crippen LogP contribution in [0.5, 0.6) is 0 Å². The molecule has 1 atom stereocenters. The van der Waals surface area contributed by atoms with E-state index >= 15 is 0 Å². The Bertz CT molecular complexity index is 977. The maximum absolute atomic E-state index is 12.6. The minimum absolute atomic E-state index is 0.199. The lowest BCUT2D eigenvalue weighted by atomic mass is 10.2. The van der Waals surface area contributed by atoms with Gasteiger partial charge in [-0.1, -0.05) is 11.8 Å². The Morgan fingerprint density at radius 2 is 2.00 bits per heavy atom. The molecule has 1 unspecified atom stereocenters. The summed E-state index contributed by atoms with van der Waals surface area (Å²) in [6, 6.07) is 2.31. The van der Waals surface area contributed by atoms with E-state index in [1.54, 1.807) is 0 Å². The first-order chi connectivity index (χ1) is 11.7. The van der Waals surface area contributed by atoms with E-state index in [0.29, 0.717) is 21.1 Å². The first kappa shape index (κ1) is 17.9. The zero-order valence-corrected chi connectivity index (χ0v) is 15.2. The summed E-state index contributed by atoms with van der Waals surface area (Å²) in [7, 11) is 0. The van der Waals surface area contributed by atoms with Crippen molar-refractivity contribution >= 4 is 33.3 Å². The summed E-state index contributed by atoms with van der Waals surface area (Å²) in [4.78, 5) is 25.1. The molecule has 0 saturated carbocycles. The number of thioether (sulfide) groups is 1. The molecule has 3 heterocycles. The van der Waals surface area contributed by atoms with Crippen molar-refractivity contribution in [2.45, 2.75) is 37.2 Å². The van der Waals surface area contributed by atoms with Gasteiger partial charge in [0.05, 0.1) is 21.2 Å². The van der Waals surface area contributed by atoms with Crippen molar-refractivity contribution in [2.75, 3.05) is 0 Å². The number of hydrogen-bond acceptors (Lipinski definition) is 5. The van der Waals surface area contributed by atoms with Gasteiger partial charge in [-0.25, -0.2) is 9.97 Å². The fourth-order valence-electron chi connectivity index (χ4n) is 2.32. The van der Waals surface area contributed by atoms with E-state index in [4.69, 9.17) is 0 Å². The Labute approximate surface area is 149 Å². The number of H-pyrrole nitrogens is 1. The van der Waals surface area contributed by atoms with Crippen LogP contribution in [-0.4, -0.2) is 15.0 Å². The summed E-state index contributed by atoms with van der Waals surface area (Å²) in [5.74, 6) is 0.477. The second-order valence-electron chi connectivity index (χ2n) is 5.56. The molecule has 0 fully saturated rings. The number of aryl methyl sites for hydroxylation is 2. The Kier molecular flexibility index (Phi) is 4.63. The first-order valence-electron chi connectivity index (χ1n) is 7.36. The number of pyridine rings is 1. The zero-order chi connectivity index (χ0) is 18.4. The molecule has 0 amide bonds. The van der Waals surface area contributed by atoms with E-state index in [2.05, 4.69) is 15.0 Å². The van der Waals surface area contributed by atoms with Gasteiger partial charge in [0.25, 0.3) is 5.56 Å². The molecular weight excluding hydrogens is 371 g/mol. The monoisotopic (exact) mass is 385 g/mol. The van der Waals surface area contributed by atoms with Crippen molar-refractivity contribution in [1.29, 1.82) is 0 Å². The van der Waals surface area contributed by atoms with E-state index in [0.717, 1.165) is 22.7 Å². The van der Waals surface area contributed by atoms with Gasteiger partial charge >= 0.3 is 6.18 Å². The Morgan fingerprint density at radius 1 is 1.28 bits per heavy atom. The summed E-state index contributed by atoms with van der Waals surface area (Å²) < 4.78 is 37.7. The number of aromatic nitrogens is 3. The number of nitrogens with zero attached hydrogens (tertiary/aromatic N) is 2. The highest BCUT2D eigenvalue weighted by atomic mass is 32.2. The van der Waals surface area contributed by atoms with Gasteiger partial charge in [-0.15, -0.1) is 11.3 Å². The maximum Gasteiger partial charge on any atom is 0.417 e. The summed E-state index contributed by atoms with van der Waals surface area (Å²) in [6.45, 7) is 5.64. The number of alkyl halides is 3. The molecule has 3 aromatic heterocycles. The lowest BCUT2D eigenvalue weighted by Crippen LogP contribution is -2.12. The molecule has 25 heavy (non-hydrogen) atoms. The van der Waals surface area contributed by atoms with E-state index in [1.807, 2.05) is 20.8 Å². The summed E-state index contributed by atoms with van der Waals surface area (Å²) in [6.07, 6.45) is -3.60. The number of rotatable bonds is 3. The standard InChI is InChI=1S/C16H14F3N3OS2/c1-7-8(2)25-15-12(7)14(23)21-13(22-15)9(3)24-11-5-4-10(6-20-11)16(17,18)19/h4-6,9H,1-3H3,(H,21,22,23). The molecule has 4 nitrogen and oxygen atoms in total. The highest BCUT2D eigenvalue weighted by Gasteiger charge is 2.30. The zero-order valence-electron chi connectivity index (χ0n) is 13.6. The summed E-state index contributed by atoms with van der Waals surface area (Å²) >= 11 is 2.69. The summed E-state index contributed by atoms with van der Waals surface area (Å²) in [5.41, 5.74) is -0.0679. The highest BCUT2D eigenvalue weighted by molar-refractivity contribution is 7.99. The van der Waals surface area contributed by atoms with Gasteiger partial charge < -0.3 is 4.98 Å². The van der Waals surface area contributed by atoms with Crippen molar-refractivity contribution < 1.29 is 13.2 Å². The normalized spacial score (nSPS) is 13.4. The van der Waals surface area contributed by atoms with Crippen LogP contribution in [0, 0.1) is 13.8 Å². The molecule has 0 aliphatic carbocycles. The molecule has 132 valence electrons. The molecular formula is C16H14F3N3OS2. The second kappa shape index (κ2) is 6.45. The van der Waals surface area contributed by atoms with Crippen LogP contribution in [0.15, 0.2) is 28.2 Å². The van der Waals surface area contributed by atoms with E-state index in [9.17, 15) is 18.0 Å². The molecule has 0 saturated heterocycles. The minimum Gasteiger partial charge on any atom is -0.309 e. The van der Waals surface area contributed by atoms with Crippen LogP contribution >= 0.6 is 23.1 Å². The van der Waals surface area contributed by atoms with E-state index in [-0.39, 0.29) is 10.8 Å². The molecule has 0 aromatic carbocycles. The van der Waals surface area contributed by atoms with Crippen molar-refractivity contribution in [3.05, 3.63) is 50.5 Å². The third-order valence-electron chi connectivity index (χ3n) is 3.80. The SMILES string of the molecule is Cc1sc2nc(C(C)Sc3ccc(C(F)(F)F)cn3)[nH]c(=O)c2c1C. The second-order valence-corrected chi connectivity index (χ2v) is 8.12. The van der Waals surface area contributed by atoms with Crippen molar-refractivity contribution in [3.8, 4) is 0 Å². The fraction of sp³-hybridized carbons (Fsp3) is 0.312. The Hall–Kier alpha value is -1.87. The topological polar surface area (TPSA) is 58.6 Å². The number of aromatic amines is 1. The quantitative estimate of drug-likeness (QED) is 0.654. The van der Waals surface area contributed by atoms with Gasteiger partial charge in [0.15, 0.2) is 0 Å². The average molecular weight is 385 g/mol. The van der Waals surface area contributed by atoms with Gasteiger partial charge in [-0.2, -0.15) is 13.2 Å². The third-order valence-corrected chi connectivity index (χ3v) is 5.96. The lowest BCUT2D eigenvalue weighted by molar-refractivity contribution is -0.137. The van der Waals surface area contributed by atoms with Crippen molar-refractivity contribution in [1.82, 2.24) is 15.0 Å². The third kappa shape index (κ3) is 3.57. The molecule has 0 radical (unpaired) electrons. The molecule has 9 heteroatoms. The predicted molar refractivity (Wildman–Crippen MR) is 93.2 cm³/mol. The van der Waals surface area contributed by atoms with Gasteiger partial charge in [0.2, 0.25) is 0 Å². The van der Waals surface area contributed by atoms with E-state index in [1.165, 1.54) is 29.2 Å². The largest absolute Gasteiger partial charge is 0.417 e. The Balaban J connectivity index is 1.87. The molecule has 3 rings (SSSR count). The van der Waals surface area contributed by atoms with Crippen LogP contribution in [0.3, 0.4) is 0 Å². The number of nitrogens with one attached hydrogen (secondary N) is 1. The number of fused-ring (bicyclic) bond motifs is 1. The lowest BCUT2D eigenvalue weighted by Gasteiger charge is -2.11. The van der Waals surface area contributed by atoms with Crippen LogP contribution in [0.4, 0.5) is 13.2 Å². The molecule has 3 aromatic rings. The Morgan fingerprint density at radius 3 is 2.60 bits per heavy atom. The highest BCUT2D eigenvalue weighted by Crippen LogP contribution is 2.35. The average Bonchev–Trinajstić information content (AvgIpc) is 2.82. The van der Waals surface area contributed by atoms with Crippen LogP contribution in [-0.2, 0) is 6.18 Å². The molecule has 0 bridgehead atoms. The minimum atomic E-state index is -4.41. The molecule has 0 aliphatic rings. The van der Waals surface area contributed by atoms with Crippen molar-refractivity contribution in [2.24, 2.45) is 0 Å². The number of thiophene rings is 1. The first-order valence-corrected chi connectivity index (χ1v) is 9.06. The van der Waals surface area contributed by atoms with Crippen LogP contribution in [0.1, 0.15) is 34.0 Å². The van der Waals surface area contributed by atoms with E-state index < -0.39 is 11.7 Å². The smallest absolute Gasteiger partial charge is 0.309 e. The van der Waals surface area contributed by atoms with Gasteiger partial charge in [-0.3, -0.25) is 4.79 Å². The van der Waals surface area contributed by atoms with Crippen LogP contribution in [0.25, 0.3) is 10.2 Å². The number of hydrogen-bond donors (Lipinski definition) is 1. The van der Waals surface area contributed by atoms with Crippen LogP contribution < -0.4 is 5.56 Å². The fourth-order valence-corrected chi connectivity index (χ4v) is 4.20.